The largest absolute Gasteiger partial charge is 0.462 e. The Morgan fingerprint density at radius 1 is 1.00 bits per heavy atom. The van der Waals surface area contributed by atoms with Gasteiger partial charge in [-0.1, -0.05) is 10.2 Å². The maximum Gasteiger partial charge on any atom is 0.450 e. The lowest BCUT2D eigenvalue weighted by molar-refractivity contribution is 0.194. The summed E-state index contributed by atoms with van der Waals surface area (Å²) in [6.07, 6.45) is -3.24. The van der Waals surface area contributed by atoms with E-state index in [9.17, 15) is 9.59 Å². The summed E-state index contributed by atoms with van der Waals surface area (Å²) in [4.78, 5) is 18.8. The summed E-state index contributed by atoms with van der Waals surface area (Å²) in [6.45, 7) is 0. The van der Waals surface area contributed by atoms with Crippen molar-refractivity contribution >= 4 is 12.2 Å². The molecule has 7 heteroatoms. The molecule has 0 aliphatic carbocycles. The topological polar surface area (TPSA) is 134 Å². The van der Waals surface area contributed by atoms with Crippen LogP contribution in [-0.2, 0) is 0 Å². The molecule has 9 heavy (non-hydrogen) atoms. The van der Waals surface area contributed by atoms with Crippen LogP contribution in [0, 0.1) is 0 Å². The zero-order valence-corrected chi connectivity index (χ0v) is 4.31. The molecule has 2 amide bonds. The standard InChI is InChI=1S/C2H2N2O4.H3N/c5-1(6)3-4-2(7)8;/h(H,5,6)(H,7,8);1H3. The molecule has 0 rings (SSSR count). The highest BCUT2D eigenvalue weighted by atomic mass is 16.4. The van der Waals surface area contributed by atoms with Crippen LogP contribution in [0.25, 0.3) is 0 Å². The van der Waals surface area contributed by atoms with Gasteiger partial charge in [0.25, 0.3) is 0 Å². The van der Waals surface area contributed by atoms with Crippen molar-refractivity contribution in [2.75, 3.05) is 0 Å². The predicted octanol–water partition coefficient (Wildman–Crippen LogP) is 0.957. The number of azo groups is 1. The van der Waals surface area contributed by atoms with Crippen LogP contribution in [-0.4, -0.2) is 22.4 Å². The normalized spacial score (nSPS) is 8.44. The lowest BCUT2D eigenvalue weighted by Crippen LogP contribution is -1.87. The molecule has 0 radical (unpaired) electrons. The van der Waals surface area contributed by atoms with Crippen LogP contribution < -0.4 is 6.15 Å². The Balaban J connectivity index is 0. The number of rotatable bonds is 0. The molecule has 0 fully saturated rings. The fraction of sp³-hybridized carbons (Fsp3) is 0. The first-order valence-electron chi connectivity index (χ1n) is 1.50. The lowest BCUT2D eigenvalue weighted by atomic mass is 11.2. The fourth-order valence-corrected chi connectivity index (χ4v) is 0.0855. The fourth-order valence-electron chi connectivity index (χ4n) is 0.0855. The molecule has 0 saturated heterocycles. The van der Waals surface area contributed by atoms with Gasteiger partial charge in [0.1, 0.15) is 0 Å². The Kier molecular flexibility index (Phi) is 5.42. The van der Waals surface area contributed by atoms with Gasteiger partial charge in [0, 0.05) is 0 Å². The van der Waals surface area contributed by atoms with Crippen molar-refractivity contribution in [2.45, 2.75) is 0 Å². The van der Waals surface area contributed by atoms with Crippen molar-refractivity contribution in [1.82, 2.24) is 6.15 Å². The molecular weight excluding hydrogens is 130 g/mol. The van der Waals surface area contributed by atoms with Gasteiger partial charge in [-0.2, -0.15) is 0 Å². The molecule has 52 valence electrons. The Hall–Kier alpha value is -1.50. The molecule has 0 aromatic carbocycles. The Labute approximate surface area is 49.6 Å². The van der Waals surface area contributed by atoms with Crippen molar-refractivity contribution in [1.29, 1.82) is 0 Å². The van der Waals surface area contributed by atoms with Gasteiger partial charge in [-0.05, 0) is 0 Å². The molecule has 0 aromatic rings. The third kappa shape index (κ3) is 10.7. The molecule has 0 bridgehead atoms. The first-order chi connectivity index (χ1) is 3.63. The number of nitrogens with zero attached hydrogens (tertiary/aromatic N) is 2. The van der Waals surface area contributed by atoms with E-state index in [-0.39, 0.29) is 6.15 Å². The van der Waals surface area contributed by atoms with Gasteiger partial charge in [-0.25, -0.2) is 9.59 Å². The van der Waals surface area contributed by atoms with Crippen molar-refractivity contribution in [3.63, 3.8) is 0 Å². The van der Waals surface area contributed by atoms with Crippen molar-refractivity contribution < 1.29 is 19.8 Å². The summed E-state index contributed by atoms with van der Waals surface area (Å²) in [6, 6.07) is 0. The number of amides is 2. The zero-order chi connectivity index (χ0) is 6.57. The number of carboxylic acid groups (broad SMARTS) is 2. The number of hydrogen-bond acceptors (Lipinski definition) is 3. The first kappa shape index (κ1) is 10.5. The Morgan fingerprint density at radius 2 is 1.22 bits per heavy atom. The molecule has 0 heterocycles. The van der Waals surface area contributed by atoms with Gasteiger partial charge >= 0.3 is 12.2 Å². The van der Waals surface area contributed by atoms with Crippen LogP contribution in [0.2, 0.25) is 0 Å². The third-order valence-electron chi connectivity index (χ3n) is 0.221. The zero-order valence-electron chi connectivity index (χ0n) is 4.31. The van der Waals surface area contributed by atoms with E-state index in [1.165, 1.54) is 0 Å². The van der Waals surface area contributed by atoms with Crippen LogP contribution in [0.3, 0.4) is 0 Å². The van der Waals surface area contributed by atoms with E-state index in [0.29, 0.717) is 0 Å². The second-order valence-electron chi connectivity index (χ2n) is 0.765. The average molecular weight is 135 g/mol. The van der Waals surface area contributed by atoms with E-state index in [1.54, 1.807) is 0 Å². The summed E-state index contributed by atoms with van der Waals surface area (Å²) in [5.41, 5.74) is 0. The third-order valence-corrected chi connectivity index (χ3v) is 0.221. The van der Waals surface area contributed by atoms with E-state index < -0.39 is 12.2 Å². The number of carbonyl (C=O) groups is 2. The first-order valence-corrected chi connectivity index (χ1v) is 1.50. The minimum Gasteiger partial charge on any atom is -0.462 e. The van der Waals surface area contributed by atoms with Crippen LogP contribution in [0.15, 0.2) is 10.2 Å². The van der Waals surface area contributed by atoms with Gasteiger partial charge in [-0.3, -0.25) is 0 Å². The quantitative estimate of drug-likeness (QED) is 0.425. The van der Waals surface area contributed by atoms with E-state index in [2.05, 4.69) is 10.2 Å². The molecule has 0 aliphatic heterocycles. The van der Waals surface area contributed by atoms with Crippen LogP contribution in [0.5, 0.6) is 0 Å². The highest BCUT2D eigenvalue weighted by Gasteiger charge is 1.91. The molecule has 0 aliphatic rings. The summed E-state index contributed by atoms with van der Waals surface area (Å²) in [7, 11) is 0. The molecule has 0 aromatic heterocycles. The van der Waals surface area contributed by atoms with E-state index >= 15 is 0 Å². The van der Waals surface area contributed by atoms with Gasteiger partial charge in [0.2, 0.25) is 0 Å². The van der Waals surface area contributed by atoms with Gasteiger partial charge in [0.05, 0.1) is 0 Å². The van der Waals surface area contributed by atoms with Gasteiger partial charge < -0.3 is 16.4 Å². The second kappa shape index (κ2) is 4.65. The molecule has 0 atom stereocenters. The van der Waals surface area contributed by atoms with Crippen molar-refractivity contribution in [3.8, 4) is 0 Å². The summed E-state index contributed by atoms with van der Waals surface area (Å²) < 4.78 is 0. The summed E-state index contributed by atoms with van der Waals surface area (Å²) >= 11 is 0. The Morgan fingerprint density at radius 3 is 1.33 bits per heavy atom. The smallest absolute Gasteiger partial charge is 0.450 e. The Bertz CT molecular complexity index is 125. The van der Waals surface area contributed by atoms with Gasteiger partial charge in [0.15, 0.2) is 0 Å². The number of hydrogen-bond donors (Lipinski definition) is 3. The molecule has 0 saturated carbocycles. The minimum atomic E-state index is -1.62. The lowest BCUT2D eigenvalue weighted by Gasteiger charge is -1.72. The summed E-state index contributed by atoms with van der Waals surface area (Å²) in [5.74, 6) is 0. The van der Waals surface area contributed by atoms with E-state index in [0.717, 1.165) is 0 Å². The maximum atomic E-state index is 9.38. The highest BCUT2D eigenvalue weighted by molar-refractivity contribution is 5.70. The monoisotopic (exact) mass is 135 g/mol. The molecular formula is C2H5N3O4. The minimum absolute atomic E-state index is 0. The van der Waals surface area contributed by atoms with Crippen molar-refractivity contribution in [2.24, 2.45) is 10.2 Å². The SMILES string of the molecule is N.O=C(O)N=NC(=O)O. The summed E-state index contributed by atoms with van der Waals surface area (Å²) in [5, 5.41) is 19.8. The van der Waals surface area contributed by atoms with E-state index in [1.807, 2.05) is 0 Å². The van der Waals surface area contributed by atoms with E-state index in [4.69, 9.17) is 10.2 Å². The van der Waals surface area contributed by atoms with Crippen LogP contribution in [0.1, 0.15) is 0 Å². The molecule has 0 unspecified atom stereocenters. The second-order valence-corrected chi connectivity index (χ2v) is 0.765. The average Bonchev–Trinajstić information content (AvgIpc) is 1.61. The molecule has 0 spiro atoms. The highest BCUT2D eigenvalue weighted by Crippen LogP contribution is 1.76. The predicted molar refractivity (Wildman–Crippen MR) is 25.9 cm³/mol. The van der Waals surface area contributed by atoms with Gasteiger partial charge in [-0.15, -0.1) is 0 Å². The maximum absolute atomic E-state index is 9.38. The van der Waals surface area contributed by atoms with Crippen LogP contribution >= 0.6 is 0 Å². The van der Waals surface area contributed by atoms with Crippen molar-refractivity contribution in [3.05, 3.63) is 0 Å². The van der Waals surface area contributed by atoms with Crippen LogP contribution in [0.4, 0.5) is 9.59 Å². The molecule has 5 N–H and O–H groups in total. The molecule has 7 nitrogen and oxygen atoms in total.